The average molecular weight is 381 g/mol. The molecule has 0 rings (SSSR count). The summed E-state index contributed by atoms with van der Waals surface area (Å²) in [7, 11) is 0. The third kappa shape index (κ3) is 72.2. The van der Waals surface area contributed by atoms with Crippen LogP contribution >= 0.6 is 0 Å². The van der Waals surface area contributed by atoms with Crippen LogP contribution in [0.5, 0.6) is 0 Å². The van der Waals surface area contributed by atoms with Gasteiger partial charge in [0.2, 0.25) is 0 Å². The van der Waals surface area contributed by atoms with Gasteiger partial charge in [-0.3, -0.25) is 0 Å². The number of hydrogen-bond donors (Lipinski definition) is 4. The maximum absolute atomic E-state index is 7.38. The molecule has 0 saturated carbocycles. The molecule has 0 atom stereocenters. The van der Waals surface area contributed by atoms with E-state index in [0.717, 1.165) is 0 Å². The molecule has 7 heavy (non-hydrogen) atoms. The minimum atomic E-state index is -5.00. The van der Waals surface area contributed by atoms with Crippen LogP contribution in [0.15, 0.2) is 0 Å². The second kappa shape index (κ2) is 6.12. The second-order valence-corrected chi connectivity index (χ2v) is 2.47. The van der Waals surface area contributed by atoms with Crippen LogP contribution in [0.2, 0.25) is 0 Å². The standard InChI is InChI=1S/Fe.4H2O.Pb.Ti.2H/h;4*1H2;;;;/q;;;;;;+4;;/p-4. The van der Waals surface area contributed by atoms with E-state index in [9.17, 15) is 0 Å². The third-order valence-electron chi connectivity index (χ3n) is 0. The summed E-state index contributed by atoms with van der Waals surface area (Å²) in [6.45, 7) is 0. The van der Waals surface area contributed by atoms with Crippen molar-refractivity contribution >= 4 is 27.3 Å². The Hall–Kier alpha value is 2.00. The van der Waals surface area contributed by atoms with Crippen molar-refractivity contribution in [3.63, 3.8) is 0 Å². The predicted octanol–water partition coefficient (Wildman–Crippen LogP) is -3.15. The molecular weight excluding hydrogens is 375 g/mol. The average Bonchev–Trinajstić information content (AvgIpc) is 0.722. The van der Waals surface area contributed by atoms with Crippen LogP contribution in [0.4, 0.5) is 0 Å². The van der Waals surface area contributed by atoms with E-state index in [0.29, 0.717) is 0 Å². The van der Waals surface area contributed by atoms with Crippen molar-refractivity contribution in [2.24, 2.45) is 0 Å². The van der Waals surface area contributed by atoms with E-state index in [1.807, 2.05) is 0 Å². The van der Waals surface area contributed by atoms with E-state index in [1.165, 1.54) is 0 Å². The number of hydrogen-bond acceptors (Lipinski definition) is 4. The SMILES string of the molecule is [Fe].[OH][Ti]([OH])([OH])[OH].[PbH2]. The molecule has 0 aromatic carbocycles. The molecule has 7 heteroatoms. The molecule has 4 N–H and O–H groups in total. The van der Waals surface area contributed by atoms with E-state index in [4.69, 9.17) is 14.8 Å². The molecule has 0 amide bonds. The summed E-state index contributed by atoms with van der Waals surface area (Å²) >= 11 is -5.00. The van der Waals surface area contributed by atoms with Crippen molar-refractivity contribution in [3.8, 4) is 0 Å². The van der Waals surface area contributed by atoms with Gasteiger partial charge in [0.1, 0.15) is 0 Å². The predicted molar refractivity (Wildman–Crippen MR) is 17.4 cm³/mol. The van der Waals surface area contributed by atoms with Gasteiger partial charge < -0.3 is 0 Å². The Morgan fingerprint density at radius 3 is 0.857 bits per heavy atom. The fourth-order valence-electron chi connectivity index (χ4n) is 0. The summed E-state index contributed by atoms with van der Waals surface area (Å²) < 4.78 is 29.5. The van der Waals surface area contributed by atoms with Crippen LogP contribution < -0.4 is 0 Å². The van der Waals surface area contributed by atoms with Crippen LogP contribution in [-0.4, -0.2) is 42.1 Å². The molecular formula is H6FeO4PbTi. The molecule has 0 aliphatic heterocycles. The monoisotopic (exact) mass is 382 g/mol. The molecule has 0 heterocycles. The zero-order valence-electron chi connectivity index (χ0n) is 3.35. The zero-order valence-corrected chi connectivity index (χ0v) is 11.5. The van der Waals surface area contributed by atoms with Crippen LogP contribution in [0.3, 0.4) is 0 Å². The molecule has 2 radical (unpaired) electrons. The van der Waals surface area contributed by atoms with Gasteiger partial charge in [-0.05, 0) is 0 Å². The van der Waals surface area contributed by atoms with Crippen LogP contribution in [-0.2, 0) is 35.2 Å². The van der Waals surface area contributed by atoms with Gasteiger partial charge in [0.25, 0.3) is 0 Å². The van der Waals surface area contributed by atoms with Crippen molar-refractivity contribution in [3.05, 3.63) is 0 Å². The Morgan fingerprint density at radius 2 is 0.857 bits per heavy atom. The van der Waals surface area contributed by atoms with E-state index in [1.54, 1.807) is 0 Å². The summed E-state index contributed by atoms with van der Waals surface area (Å²) in [5, 5.41) is 0. The molecule has 46 valence electrons. The topological polar surface area (TPSA) is 80.9 Å². The van der Waals surface area contributed by atoms with E-state index in [2.05, 4.69) is 0 Å². The summed E-state index contributed by atoms with van der Waals surface area (Å²) in [5.74, 6) is 0. The van der Waals surface area contributed by atoms with Gasteiger partial charge in [-0.1, -0.05) is 0 Å². The number of rotatable bonds is 0. The molecule has 0 bridgehead atoms. The van der Waals surface area contributed by atoms with Crippen molar-refractivity contribution in [2.45, 2.75) is 0 Å². The first-order valence-corrected chi connectivity index (χ1v) is 3.69. The van der Waals surface area contributed by atoms with Crippen molar-refractivity contribution in [1.82, 2.24) is 0 Å². The van der Waals surface area contributed by atoms with Gasteiger partial charge in [0, 0.05) is 17.1 Å². The van der Waals surface area contributed by atoms with Gasteiger partial charge in [-0.25, -0.2) is 0 Å². The summed E-state index contributed by atoms with van der Waals surface area (Å²) in [6.07, 6.45) is 0. The van der Waals surface area contributed by atoms with Crippen LogP contribution in [0, 0.1) is 0 Å². The molecule has 4 nitrogen and oxygen atoms in total. The molecule has 0 aromatic rings. The first kappa shape index (κ1) is 16.0. The molecule has 0 saturated heterocycles. The Bertz CT molecular complexity index is 27.2. The fourth-order valence-corrected chi connectivity index (χ4v) is 0. The third-order valence-corrected chi connectivity index (χ3v) is 0. The van der Waals surface area contributed by atoms with Gasteiger partial charge in [-0.2, -0.15) is 0 Å². The van der Waals surface area contributed by atoms with Crippen molar-refractivity contribution < 1.29 is 50.0 Å². The van der Waals surface area contributed by atoms with Crippen molar-refractivity contribution in [2.75, 3.05) is 0 Å². The molecule has 0 fully saturated rings. The first-order valence-electron chi connectivity index (χ1n) is 0.894. The molecule has 0 aliphatic carbocycles. The quantitative estimate of drug-likeness (QED) is 0.335. The van der Waals surface area contributed by atoms with E-state index in [-0.39, 0.29) is 44.4 Å². The molecule has 0 unspecified atom stereocenters. The van der Waals surface area contributed by atoms with Crippen molar-refractivity contribution in [1.29, 1.82) is 0 Å². The summed E-state index contributed by atoms with van der Waals surface area (Å²) in [4.78, 5) is 0. The summed E-state index contributed by atoms with van der Waals surface area (Å²) in [5.41, 5.74) is 0. The minimum absolute atomic E-state index is 0. The summed E-state index contributed by atoms with van der Waals surface area (Å²) in [6, 6.07) is 0. The molecule has 0 aliphatic rings. The Morgan fingerprint density at radius 1 is 0.857 bits per heavy atom. The Kier molecular flexibility index (Phi) is 14.0. The van der Waals surface area contributed by atoms with Gasteiger partial charge in [0.15, 0.2) is 0 Å². The maximum atomic E-state index is 7.38. The zero-order chi connectivity index (χ0) is 4.50. The van der Waals surface area contributed by atoms with Gasteiger partial charge in [-0.15, -0.1) is 0 Å². The fraction of sp³-hybridized carbons (Fsp3) is 0. The van der Waals surface area contributed by atoms with Crippen LogP contribution in [0.25, 0.3) is 0 Å². The van der Waals surface area contributed by atoms with Gasteiger partial charge >= 0.3 is 60.2 Å². The second-order valence-electron chi connectivity index (χ2n) is 0.600. The van der Waals surface area contributed by atoms with E-state index >= 15 is 0 Å². The normalized spacial score (nSPS) is 8.57. The van der Waals surface area contributed by atoms with Crippen LogP contribution in [0.1, 0.15) is 0 Å². The van der Waals surface area contributed by atoms with Gasteiger partial charge in [0.05, 0.1) is 0 Å². The Balaban J connectivity index is -0.0000000800. The first-order chi connectivity index (χ1) is 2.00. The van der Waals surface area contributed by atoms with E-state index < -0.39 is 18.1 Å². The molecule has 0 aromatic heterocycles. The Labute approximate surface area is 76.4 Å². The molecule has 0 spiro atoms.